The number of aromatic nitrogens is 1. The molecule has 2 heterocycles. The van der Waals surface area contributed by atoms with Gasteiger partial charge in [-0.05, 0) is 12.5 Å². The van der Waals surface area contributed by atoms with Crippen LogP contribution in [0.2, 0.25) is 0 Å². The van der Waals surface area contributed by atoms with Gasteiger partial charge in [0.1, 0.15) is 5.76 Å². The van der Waals surface area contributed by atoms with E-state index in [2.05, 4.69) is 20.3 Å². The molecule has 0 saturated carbocycles. The summed E-state index contributed by atoms with van der Waals surface area (Å²) in [5, 5.41) is 17.3. The van der Waals surface area contributed by atoms with Crippen LogP contribution in [0.3, 0.4) is 0 Å². The summed E-state index contributed by atoms with van der Waals surface area (Å²) >= 11 is 0. The van der Waals surface area contributed by atoms with Crippen LogP contribution in [0.5, 0.6) is 0 Å². The van der Waals surface area contributed by atoms with Gasteiger partial charge in [0.05, 0.1) is 11.5 Å². The van der Waals surface area contributed by atoms with Crippen molar-refractivity contribution in [2.45, 2.75) is 13.5 Å². The van der Waals surface area contributed by atoms with Crippen LogP contribution in [-0.4, -0.2) is 58.5 Å². The minimum absolute atomic E-state index is 0.112. The number of rotatable bonds is 6. The molecule has 0 unspecified atom stereocenters. The highest BCUT2D eigenvalue weighted by Gasteiger charge is 2.20. The molecule has 2 aromatic rings. The lowest BCUT2D eigenvalue weighted by Crippen LogP contribution is -2.48. The predicted octanol–water partition coefficient (Wildman–Crippen LogP) is 1.65. The van der Waals surface area contributed by atoms with Crippen LogP contribution in [0.15, 0.2) is 34.9 Å². The molecule has 9 heteroatoms. The monoisotopic (exact) mass is 359 g/mol. The van der Waals surface area contributed by atoms with Gasteiger partial charge in [-0.2, -0.15) is 0 Å². The molecule has 1 N–H and O–H groups in total. The molecule has 0 radical (unpaired) electrons. The lowest BCUT2D eigenvalue weighted by atomic mass is 10.1. The number of aryl methyl sites for hydroxylation is 1. The first-order chi connectivity index (χ1) is 12.5. The van der Waals surface area contributed by atoms with E-state index in [9.17, 15) is 14.9 Å². The van der Waals surface area contributed by atoms with Gasteiger partial charge in [0, 0.05) is 50.9 Å². The number of carbonyl (C=O) groups excluding carboxylic acids is 1. The van der Waals surface area contributed by atoms with Gasteiger partial charge in [-0.3, -0.25) is 24.7 Å². The van der Waals surface area contributed by atoms with Crippen molar-refractivity contribution in [2.24, 2.45) is 0 Å². The zero-order chi connectivity index (χ0) is 18.5. The third-order valence-corrected chi connectivity index (χ3v) is 4.26. The van der Waals surface area contributed by atoms with Crippen LogP contribution < -0.4 is 5.32 Å². The van der Waals surface area contributed by atoms with Crippen LogP contribution in [-0.2, 0) is 11.3 Å². The Balaban J connectivity index is 1.44. The van der Waals surface area contributed by atoms with Gasteiger partial charge in [0.15, 0.2) is 5.82 Å². The third kappa shape index (κ3) is 4.87. The minimum atomic E-state index is -0.379. The Kier molecular flexibility index (Phi) is 5.59. The number of nitrogens with zero attached hydrogens (tertiary/aromatic N) is 4. The summed E-state index contributed by atoms with van der Waals surface area (Å²) in [4.78, 5) is 26.8. The Labute approximate surface area is 150 Å². The summed E-state index contributed by atoms with van der Waals surface area (Å²) in [5.74, 6) is 0.956. The first kappa shape index (κ1) is 18.0. The van der Waals surface area contributed by atoms with Crippen molar-refractivity contribution in [3.05, 3.63) is 51.8 Å². The lowest BCUT2D eigenvalue weighted by Gasteiger charge is -2.34. The Morgan fingerprint density at radius 1 is 1.27 bits per heavy atom. The summed E-state index contributed by atoms with van der Waals surface area (Å²) in [6.45, 7) is 5.87. The average Bonchev–Trinajstić information content (AvgIpc) is 3.01. The molecule has 3 rings (SSSR count). The number of nitro benzene ring substituents is 1. The van der Waals surface area contributed by atoms with Gasteiger partial charge < -0.3 is 9.84 Å². The van der Waals surface area contributed by atoms with Gasteiger partial charge in [-0.15, -0.1) is 0 Å². The fourth-order valence-electron chi connectivity index (χ4n) is 2.94. The Morgan fingerprint density at radius 2 is 2.00 bits per heavy atom. The number of benzene rings is 1. The largest absolute Gasteiger partial charge is 0.360 e. The second-order valence-corrected chi connectivity index (χ2v) is 6.35. The molecule has 1 aliphatic heterocycles. The molecule has 9 nitrogen and oxygen atoms in total. The van der Waals surface area contributed by atoms with Crippen molar-refractivity contribution in [2.75, 3.05) is 38.0 Å². The number of piperazine rings is 1. The molecule has 1 fully saturated rings. The molecule has 138 valence electrons. The molecule has 0 aliphatic carbocycles. The predicted molar refractivity (Wildman–Crippen MR) is 94.7 cm³/mol. The van der Waals surface area contributed by atoms with E-state index in [0.717, 1.165) is 31.7 Å². The summed E-state index contributed by atoms with van der Waals surface area (Å²) in [7, 11) is 0. The number of anilines is 1. The third-order valence-electron chi connectivity index (χ3n) is 4.26. The van der Waals surface area contributed by atoms with Gasteiger partial charge in [0.2, 0.25) is 5.91 Å². The van der Waals surface area contributed by atoms with Crippen molar-refractivity contribution in [3.63, 3.8) is 0 Å². The van der Waals surface area contributed by atoms with Crippen LogP contribution in [0, 0.1) is 17.0 Å². The second-order valence-electron chi connectivity index (χ2n) is 6.35. The van der Waals surface area contributed by atoms with E-state index in [-0.39, 0.29) is 16.5 Å². The lowest BCUT2D eigenvalue weighted by molar-refractivity contribution is -0.384. The quantitative estimate of drug-likeness (QED) is 0.617. The molecule has 1 aromatic heterocycles. The SMILES string of the molecule is Cc1cc(NC(=O)CN2CCN(Cc3cccc([N+](=O)[O-])c3)CC2)no1. The van der Waals surface area contributed by atoms with Crippen LogP contribution in [0.4, 0.5) is 11.5 Å². The van der Waals surface area contributed by atoms with Gasteiger partial charge in [-0.25, -0.2) is 0 Å². The maximum atomic E-state index is 12.1. The first-order valence-corrected chi connectivity index (χ1v) is 8.41. The molecule has 26 heavy (non-hydrogen) atoms. The second kappa shape index (κ2) is 8.07. The van der Waals surface area contributed by atoms with Crippen molar-refractivity contribution in [1.29, 1.82) is 0 Å². The topological polar surface area (TPSA) is 105 Å². The molecular weight excluding hydrogens is 338 g/mol. The number of hydrogen-bond donors (Lipinski definition) is 1. The normalized spacial score (nSPS) is 15.7. The van der Waals surface area contributed by atoms with Crippen LogP contribution in [0.25, 0.3) is 0 Å². The molecule has 0 atom stereocenters. The maximum absolute atomic E-state index is 12.1. The van der Waals surface area contributed by atoms with E-state index in [4.69, 9.17) is 4.52 Å². The molecule has 1 aromatic carbocycles. The smallest absolute Gasteiger partial charge is 0.269 e. The fourth-order valence-corrected chi connectivity index (χ4v) is 2.94. The van der Waals surface area contributed by atoms with Crippen molar-refractivity contribution >= 4 is 17.4 Å². The maximum Gasteiger partial charge on any atom is 0.269 e. The van der Waals surface area contributed by atoms with Crippen LogP contribution in [0.1, 0.15) is 11.3 Å². The van der Waals surface area contributed by atoms with Gasteiger partial charge in [0.25, 0.3) is 5.69 Å². The fraction of sp³-hybridized carbons (Fsp3) is 0.412. The number of nitrogens with one attached hydrogen (secondary N) is 1. The summed E-state index contributed by atoms with van der Waals surface area (Å²) in [6.07, 6.45) is 0. The minimum Gasteiger partial charge on any atom is -0.360 e. The highest BCUT2D eigenvalue weighted by atomic mass is 16.6. The molecule has 1 saturated heterocycles. The highest BCUT2D eigenvalue weighted by Crippen LogP contribution is 2.16. The van der Waals surface area contributed by atoms with Crippen molar-refractivity contribution in [1.82, 2.24) is 15.0 Å². The average molecular weight is 359 g/mol. The van der Waals surface area contributed by atoms with E-state index in [0.29, 0.717) is 24.7 Å². The number of non-ortho nitro benzene ring substituents is 1. The highest BCUT2D eigenvalue weighted by molar-refractivity contribution is 5.91. The number of nitro groups is 1. The molecule has 0 spiro atoms. The number of amides is 1. The van der Waals surface area contributed by atoms with Crippen molar-refractivity contribution in [3.8, 4) is 0 Å². The molecule has 0 bridgehead atoms. The van der Waals surface area contributed by atoms with Crippen molar-refractivity contribution < 1.29 is 14.2 Å². The van der Waals surface area contributed by atoms with E-state index < -0.39 is 0 Å². The molecular formula is C17H21N5O4. The van der Waals surface area contributed by atoms with E-state index in [1.54, 1.807) is 25.1 Å². The Morgan fingerprint density at radius 3 is 2.65 bits per heavy atom. The number of carbonyl (C=O) groups is 1. The van der Waals surface area contributed by atoms with E-state index >= 15 is 0 Å². The van der Waals surface area contributed by atoms with Gasteiger partial charge >= 0.3 is 0 Å². The van der Waals surface area contributed by atoms with Crippen LogP contribution >= 0.6 is 0 Å². The van der Waals surface area contributed by atoms with E-state index in [1.807, 2.05) is 6.07 Å². The summed E-state index contributed by atoms with van der Waals surface area (Å²) in [5.41, 5.74) is 1.03. The zero-order valence-corrected chi connectivity index (χ0v) is 14.6. The van der Waals surface area contributed by atoms with E-state index in [1.165, 1.54) is 6.07 Å². The first-order valence-electron chi connectivity index (χ1n) is 8.41. The molecule has 1 aliphatic rings. The summed E-state index contributed by atoms with van der Waals surface area (Å²) in [6, 6.07) is 8.39. The molecule has 1 amide bonds. The Hall–Kier alpha value is -2.78. The number of hydrogen-bond acceptors (Lipinski definition) is 7. The van der Waals surface area contributed by atoms with Gasteiger partial charge in [-0.1, -0.05) is 17.3 Å². The summed E-state index contributed by atoms with van der Waals surface area (Å²) < 4.78 is 4.92. The standard InChI is InChI=1S/C17H21N5O4/c1-13-9-16(19-26-13)18-17(23)12-21-7-5-20(6-8-21)11-14-3-2-4-15(10-14)22(24)25/h2-4,9-10H,5-8,11-12H2,1H3,(H,18,19,23). The zero-order valence-electron chi connectivity index (χ0n) is 14.6. The Bertz CT molecular complexity index is 783.